The van der Waals surface area contributed by atoms with Crippen molar-refractivity contribution in [3.63, 3.8) is 0 Å². The minimum atomic E-state index is -0.324. The molecule has 0 saturated carbocycles. The van der Waals surface area contributed by atoms with Gasteiger partial charge in [-0.3, -0.25) is 4.79 Å². The smallest absolute Gasteiger partial charge is 0.319 e. The second kappa shape index (κ2) is 10.4. The molecule has 34 heavy (non-hydrogen) atoms. The van der Waals surface area contributed by atoms with Crippen LogP contribution in [-0.4, -0.2) is 35.4 Å². The van der Waals surface area contributed by atoms with E-state index in [1.807, 2.05) is 61.5 Å². The van der Waals surface area contributed by atoms with Gasteiger partial charge in [0.15, 0.2) is 0 Å². The van der Waals surface area contributed by atoms with E-state index in [2.05, 4.69) is 16.0 Å². The fourth-order valence-corrected chi connectivity index (χ4v) is 3.45. The van der Waals surface area contributed by atoms with Crippen molar-refractivity contribution in [1.29, 1.82) is 0 Å². The lowest BCUT2D eigenvalue weighted by molar-refractivity contribution is 0.102. The van der Waals surface area contributed by atoms with Crippen molar-refractivity contribution in [2.24, 2.45) is 0 Å². The number of carbonyl (C=O) groups is 2. The van der Waals surface area contributed by atoms with Crippen molar-refractivity contribution in [3.8, 4) is 22.7 Å². The zero-order valence-corrected chi connectivity index (χ0v) is 18.9. The van der Waals surface area contributed by atoms with Crippen LogP contribution in [-0.2, 0) is 0 Å². The molecular formula is C26H25N5O3. The molecule has 0 saturated heterocycles. The molecule has 1 heterocycles. The van der Waals surface area contributed by atoms with Crippen LogP contribution in [0.4, 0.5) is 16.2 Å². The van der Waals surface area contributed by atoms with Gasteiger partial charge in [0, 0.05) is 29.7 Å². The van der Waals surface area contributed by atoms with E-state index >= 15 is 0 Å². The van der Waals surface area contributed by atoms with Crippen LogP contribution in [0.15, 0.2) is 85.1 Å². The number of nitrogens with zero attached hydrogens (tertiary/aromatic N) is 2. The maximum Gasteiger partial charge on any atom is 0.319 e. The number of ether oxygens (including phenoxy) is 1. The van der Waals surface area contributed by atoms with E-state index in [1.165, 1.54) is 0 Å². The van der Waals surface area contributed by atoms with Crippen molar-refractivity contribution in [2.45, 2.75) is 6.92 Å². The number of carbonyl (C=O) groups excluding carboxylic acids is 2. The van der Waals surface area contributed by atoms with Gasteiger partial charge in [-0.25, -0.2) is 9.48 Å². The highest BCUT2D eigenvalue weighted by Crippen LogP contribution is 2.28. The highest BCUT2D eigenvalue weighted by Gasteiger charge is 2.19. The lowest BCUT2D eigenvalue weighted by Gasteiger charge is -2.09. The molecule has 0 spiro atoms. The van der Waals surface area contributed by atoms with E-state index in [-0.39, 0.29) is 11.9 Å². The molecule has 0 aliphatic carbocycles. The molecule has 0 atom stereocenters. The molecule has 4 rings (SSSR count). The summed E-state index contributed by atoms with van der Waals surface area (Å²) >= 11 is 0. The SMILES string of the molecule is CCNC(=O)Nc1cccc(NC(=O)c2cn(-c3ccccc3)nc2-c2cccc(OC)c2)c1. The molecule has 3 aromatic carbocycles. The van der Waals surface area contributed by atoms with Gasteiger partial charge in [0.05, 0.1) is 18.4 Å². The number of hydrogen-bond donors (Lipinski definition) is 3. The summed E-state index contributed by atoms with van der Waals surface area (Å²) in [5, 5.41) is 13.0. The Kier molecular flexibility index (Phi) is 6.88. The van der Waals surface area contributed by atoms with E-state index in [0.717, 1.165) is 11.3 Å². The number of rotatable bonds is 7. The Morgan fingerprint density at radius 3 is 2.38 bits per heavy atom. The van der Waals surface area contributed by atoms with Crippen molar-refractivity contribution in [1.82, 2.24) is 15.1 Å². The monoisotopic (exact) mass is 455 g/mol. The molecule has 0 aliphatic rings. The van der Waals surface area contributed by atoms with Crippen molar-refractivity contribution < 1.29 is 14.3 Å². The van der Waals surface area contributed by atoms with E-state index in [9.17, 15) is 9.59 Å². The molecular weight excluding hydrogens is 430 g/mol. The molecule has 0 bridgehead atoms. The summed E-state index contributed by atoms with van der Waals surface area (Å²) < 4.78 is 7.03. The average Bonchev–Trinajstić information content (AvgIpc) is 3.31. The Morgan fingerprint density at radius 2 is 1.65 bits per heavy atom. The average molecular weight is 456 g/mol. The third-order valence-electron chi connectivity index (χ3n) is 5.04. The fraction of sp³-hybridized carbons (Fsp3) is 0.115. The van der Waals surface area contributed by atoms with Crippen molar-refractivity contribution in [2.75, 3.05) is 24.3 Å². The van der Waals surface area contributed by atoms with Gasteiger partial charge in [-0.15, -0.1) is 0 Å². The summed E-state index contributed by atoms with van der Waals surface area (Å²) in [4.78, 5) is 25.2. The van der Waals surface area contributed by atoms with E-state index in [1.54, 1.807) is 42.3 Å². The number of amides is 3. The molecule has 8 heteroatoms. The third-order valence-corrected chi connectivity index (χ3v) is 5.04. The molecule has 172 valence electrons. The van der Waals surface area contributed by atoms with Crippen molar-refractivity contribution >= 4 is 23.3 Å². The van der Waals surface area contributed by atoms with Gasteiger partial charge in [0.2, 0.25) is 0 Å². The molecule has 3 N–H and O–H groups in total. The number of hydrogen-bond acceptors (Lipinski definition) is 4. The predicted octanol–water partition coefficient (Wildman–Crippen LogP) is 4.94. The largest absolute Gasteiger partial charge is 0.497 e. The molecule has 4 aromatic rings. The number of urea groups is 1. The number of nitrogens with one attached hydrogen (secondary N) is 3. The second-order valence-electron chi connectivity index (χ2n) is 7.42. The standard InChI is InChI=1S/C26H25N5O3/c1-3-27-26(33)29-20-11-8-10-19(16-20)28-25(32)23-17-31(21-12-5-4-6-13-21)30-24(23)18-9-7-14-22(15-18)34-2/h4-17H,3H2,1-2H3,(H,28,32)(H2,27,29,33). The molecule has 8 nitrogen and oxygen atoms in total. The maximum absolute atomic E-state index is 13.3. The van der Waals surface area contributed by atoms with Crippen LogP contribution in [0.25, 0.3) is 16.9 Å². The Balaban J connectivity index is 1.67. The first kappa shape index (κ1) is 22.6. The zero-order valence-electron chi connectivity index (χ0n) is 18.9. The molecule has 0 aliphatic heterocycles. The summed E-state index contributed by atoms with van der Waals surface area (Å²) in [6.45, 7) is 2.35. The van der Waals surface area contributed by atoms with Crippen LogP contribution in [0.5, 0.6) is 5.75 Å². The Labute approximate surface area is 197 Å². The first-order valence-electron chi connectivity index (χ1n) is 10.8. The number of para-hydroxylation sites is 1. The van der Waals surface area contributed by atoms with E-state index in [0.29, 0.717) is 34.9 Å². The van der Waals surface area contributed by atoms with Crippen LogP contribution in [0.1, 0.15) is 17.3 Å². The minimum Gasteiger partial charge on any atom is -0.497 e. The van der Waals surface area contributed by atoms with E-state index < -0.39 is 0 Å². The van der Waals surface area contributed by atoms with Crippen LogP contribution >= 0.6 is 0 Å². The summed E-state index contributed by atoms with van der Waals surface area (Å²) in [7, 11) is 1.59. The highest BCUT2D eigenvalue weighted by molar-refractivity contribution is 6.08. The van der Waals surface area contributed by atoms with Crippen LogP contribution < -0.4 is 20.7 Å². The quantitative estimate of drug-likeness (QED) is 0.368. The zero-order chi connectivity index (χ0) is 23.9. The Morgan fingerprint density at radius 1 is 0.912 bits per heavy atom. The van der Waals surface area contributed by atoms with Gasteiger partial charge in [0.25, 0.3) is 5.91 Å². The van der Waals surface area contributed by atoms with Gasteiger partial charge in [-0.05, 0) is 49.4 Å². The normalized spacial score (nSPS) is 10.4. The number of benzene rings is 3. The lowest BCUT2D eigenvalue weighted by Crippen LogP contribution is -2.28. The molecule has 0 radical (unpaired) electrons. The maximum atomic E-state index is 13.3. The second-order valence-corrected chi connectivity index (χ2v) is 7.42. The van der Waals surface area contributed by atoms with Crippen LogP contribution in [0.2, 0.25) is 0 Å². The van der Waals surface area contributed by atoms with Gasteiger partial charge in [-0.1, -0.05) is 36.4 Å². The number of methoxy groups -OCH3 is 1. The van der Waals surface area contributed by atoms with Crippen LogP contribution in [0.3, 0.4) is 0 Å². The Bertz CT molecular complexity index is 1300. The topological polar surface area (TPSA) is 97.3 Å². The van der Waals surface area contributed by atoms with Crippen LogP contribution in [0, 0.1) is 0 Å². The highest BCUT2D eigenvalue weighted by atomic mass is 16.5. The number of anilines is 2. The summed E-state index contributed by atoms with van der Waals surface area (Å²) in [5.74, 6) is 0.345. The lowest BCUT2D eigenvalue weighted by atomic mass is 10.1. The number of aromatic nitrogens is 2. The summed E-state index contributed by atoms with van der Waals surface area (Å²) in [6.07, 6.45) is 1.70. The molecule has 3 amide bonds. The fourth-order valence-electron chi connectivity index (χ4n) is 3.45. The summed E-state index contributed by atoms with van der Waals surface area (Å²) in [5.41, 5.74) is 3.63. The third kappa shape index (κ3) is 5.24. The Hall–Kier alpha value is -4.59. The summed E-state index contributed by atoms with van der Waals surface area (Å²) in [6, 6.07) is 23.6. The van der Waals surface area contributed by atoms with Gasteiger partial charge < -0.3 is 20.7 Å². The minimum absolute atomic E-state index is 0.310. The molecule has 1 aromatic heterocycles. The first-order valence-corrected chi connectivity index (χ1v) is 10.8. The van der Waals surface area contributed by atoms with Gasteiger partial charge >= 0.3 is 6.03 Å². The van der Waals surface area contributed by atoms with Gasteiger partial charge in [0.1, 0.15) is 11.4 Å². The molecule has 0 fully saturated rings. The first-order chi connectivity index (χ1) is 16.6. The van der Waals surface area contributed by atoms with Crippen molar-refractivity contribution in [3.05, 3.63) is 90.6 Å². The van der Waals surface area contributed by atoms with E-state index in [4.69, 9.17) is 9.84 Å². The van der Waals surface area contributed by atoms with Gasteiger partial charge in [-0.2, -0.15) is 5.10 Å². The molecule has 0 unspecified atom stereocenters. The predicted molar refractivity (Wildman–Crippen MR) is 133 cm³/mol.